The first-order valence-electron chi connectivity index (χ1n) is 3.71. The van der Waals surface area contributed by atoms with Crippen molar-refractivity contribution < 1.29 is 14.4 Å². The molecule has 0 aromatic heterocycles. The van der Waals surface area contributed by atoms with Crippen LogP contribution < -0.4 is 5.32 Å². The van der Waals surface area contributed by atoms with Crippen LogP contribution in [0, 0.1) is 0 Å². The molecule has 12 heavy (non-hydrogen) atoms. The zero-order chi connectivity index (χ0) is 9.61. The molecule has 0 amide bonds. The van der Waals surface area contributed by atoms with Gasteiger partial charge in [-0.1, -0.05) is 12.2 Å². The minimum atomic E-state index is -3.80. The monoisotopic (exact) mass is 211 g/mol. The number of rotatable bonds is 5. The molecule has 0 heterocycles. The van der Waals surface area contributed by atoms with Crippen molar-refractivity contribution in [2.45, 2.75) is 19.3 Å². The van der Waals surface area contributed by atoms with Crippen molar-refractivity contribution in [2.24, 2.45) is 0 Å². The van der Waals surface area contributed by atoms with Gasteiger partial charge in [0.15, 0.2) is 0 Å². The second-order valence-corrected chi connectivity index (χ2v) is 4.79. The van der Waals surface area contributed by atoms with Crippen molar-refractivity contribution in [1.29, 1.82) is 0 Å². The second kappa shape index (κ2) is 5.65. The van der Waals surface area contributed by atoms with E-state index in [4.69, 9.17) is 22.0 Å². The summed E-state index contributed by atoms with van der Waals surface area (Å²) in [6, 6.07) is 0. The molecule has 6 heteroatoms. The average molecular weight is 211 g/mol. The molecule has 0 radical (unpaired) electrons. The number of unbranched alkanes of at least 4 members (excludes halogenated alkanes) is 1. The highest BCUT2D eigenvalue weighted by molar-refractivity contribution is 7.80. The first-order chi connectivity index (χ1) is 5.45. The van der Waals surface area contributed by atoms with E-state index >= 15 is 0 Å². The second-order valence-electron chi connectivity index (χ2n) is 2.52. The average Bonchev–Trinajstić information content (AvgIpc) is 1.96. The van der Waals surface area contributed by atoms with Crippen LogP contribution in [0.15, 0.2) is 0 Å². The highest BCUT2D eigenvalue weighted by atomic mass is 32.1. The van der Waals surface area contributed by atoms with Crippen LogP contribution in [0.5, 0.6) is 0 Å². The van der Waals surface area contributed by atoms with Gasteiger partial charge in [0.25, 0.3) is 0 Å². The normalized spacial score (nSPS) is 11.2. The SMILES string of the molecule is CNC(=S)CCCCP(=O)(O)O. The first-order valence-corrected chi connectivity index (χ1v) is 5.91. The molecule has 3 N–H and O–H groups in total. The van der Waals surface area contributed by atoms with Crippen LogP contribution in [-0.2, 0) is 4.57 Å². The summed E-state index contributed by atoms with van der Waals surface area (Å²) < 4.78 is 10.4. The van der Waals surface area contributed by atoms with E-state index in [0.717, 1.165) is 11.4 Å². The zero-order valence-corrected chi connectivity index (χ0v) is 8.70. The van der Waals surface area contributed by atoms with Gasteiger partial charge >= 0.3 is 7.60 Å². The Morgan fingerprint density at radius 1 is 1.50 bits per heavy atom. The van der Waals surface area contributed by atoms with Crippen LogP contribution in [0.25, 0.3) is 0 Å². The lowest BCUT2D eigenvalue weighted by molar-refractivity contribution is 0.371. The fourth-order valence-electron chi connectivity index (χ4n) is 0.728. The van der Waals surface area contributed by atoms with E-state index < -0.39 is 7.60 Å². The molecule has 0 atom stereocenters. The fraction of sp³-hybridized carbons (Fsp3) is 0.833. The Bertz CT molecular complexity index is 191. The lowest BCUT2D eigenvalue weighted by Crippen LogP contribution is -2.14. The van der Waals surface area contributed by atoms with Gasteiger partial charge in [-0.2, -0.15) is 0 Å². The summed E-state index contributed by atoms with van der Waals surface area (Å²) in [5.74, 6) is 0. The third kappa shape index (κ3) is 8.14. The lowest BCUT2D eigenvalue weighted by Gasteiger charge is -2.03. The Kier molecular flexibility index (Phi) is 5.66. The molecule has 0 aliphatic rings. The molecule has 0 unspecified atom stereocenters. The van der Waals surface area contributed by atoms with Crippen LogP contribution in [0.4, 0.5) is 0 Å². The number of nitrogens with one attached hydrogen (secondary N) is 1. The molecule has 4 nitrogen and oxygen atoms in total. The van der Waals surface area contributed by atoms with Crippen LogP contribution in [0.1, 0.15) is 19.3 Å². The predicted molar refractivity (Wildman–Crippen MR) is 52.4 cm³/mol. The van der Waals surface area contributed by atoms with E-state index in [9.17, 15) is 4.57 Å². The van der Waals surface area contributed by atoms with E-state index in [0.29, 0.717) is 12.8 Å². The maximum atomic E-state index is 10.4. The summed E-state index contributed by atoms with van der Waals surface area (Å²) in [6.07, 6.45) is 1.90. The van der Waals surface area contributed by atoms with E-state index in [1.54, 1.807) is 7.05 Å². The van der Waals surface area contributed by atoms with Gasteiger partial charge in [0, 0.05) is 13.2 Å². The Morgan fingerprint density at radius 2 is 2.08 bits per heavy atom. The largest absolute Gasteiger partial charge is 0.383 e. The van der Waals surface area contributed by atoms with Gasteiger partial charge in [0.05, 0.1) is 4.99 Å². The molecule has 0 aromatic carbocycles. The minimum Gasteiger partial charge on any atom is -0.383 e. The standard InChI is InChI=1S/C6H14NO3PS/c1-7-6(12)4-2-3-5-11(8,9)10/h2-5H2,1H3,(H,7,12)(H2,8,9,10). The molecule has 0 aliphatic carbocycles. The van der Waals surface area contributed by atoms with Crippen molar-refractivity contribution in [1.82, 2.24) is 5.32 Å². The minimum absolute atomic E-state index is 0.0423. The maximum absolute atomic E-state index is 10.4. The molecule has 0 bridgehead atoms. The molecular formula is C6H14NO3PS. The van der Waals surface area contributed by atoms with Gasteiger partial charge in [0.1, 0.15) is 0 Å². The number of hydrogen-bond donors (Lipinski definition) is 3. The third-order valence-electron chi connectivity index (χ3n) is 1.38. The van der Waals surface area contributed by atoms with Gasteiger partial charge < -0.3 is 15.1 Å². The third-order valence-corrected chi connectivity index (χ3v) is 2.69. The van der Waals surface area contributed by atoms with Crippen molar-refractivity contribution in [3.8, 4) is 0 Å². The first kappa shape index (κ1) is 12.0. The van der Waals surface area contributed by atoms with Crippen molar-refractivity contribution in [3.05, 3.63) is 0 Å². The zero-order valence-electron chi connectivity index (χ0n) is 6.99. The molecule has 0 saturated carbocycles. The summed E-state index contributed by atoms with van der Waals surface area (Å²) in [6.45, 7) is 0. The quantitative estimate of drug-likeness (QED) is 0.358. The van der Waals surface area contributed by atoms with Crippen LogP contribution in [-0.4, -0.2) is 28.0 Å². The summed E-state index contributed by atoms with van der Waals surface area (Å²) in [5, 5.41) is 2.80. The predicted octanol–water partition coefficient (Wildman–Crippen LogP) is 0.881. The lowest BCUT2D eigenvalue weighted by atomic mass is 10.2. The van der Waals surface area contributed by atoms with Crippen LogP contribution in [0.2, 0.25) is 0 Å². The van der Waals surface area contributed by atoms with Gasteiger partial charge in [0.2, 0.25) is 0 Å². The smallest absolute Gasteiger partial charge is 0.325 e. The van der Waals surface area contributed by atoms with Gasteiger partial charge in [-0.15, -0.1) is 0 Å². The van der Waals surface area contributed by atoms with Crippen molar-refractivity contribution in [2.75, 3.05) is 13.2 Å². The Balaban J connectivity index is 3.34. The van der Waals surface area contributed by atoms with Gasteiger partial charge in [-0.25, -0.2) is 0 Å². The maximum Gasteiger partial charge on any atom is 0.325 e. The van der Waals surface area contributed by atoms with Crippen LogP contribution >= 0.6 is 19.8 Å². The highest BCUT2D eigenvalue weighted by Crippen LogP contribution is 2.35. The molecule has 72 valence electrons. The summed E-state index contributed by atoms with van der Waals surface area (Å²) in [4.78, 5) is 17.7. The Labute approximate surface area is 77.5 Å². The van der Waals surface area contributed by atoms with Gasteiger partial charge in [-0.3, -0.25) is 4.57 Å². The number of thiocarbonyl (C=S) groups is 1. The van der Waals surface area contributed by atoms with Gasteiger partial charge in [-0.05, 0) is 19.3 Å². The summed E-state index contributed by atoms with van der Waals surface area (Å²) in [5.41, 5.74) is 0. The summed E-state index contributed by atoms with van der Waals surface area (Å²) >= 11 is 4.86. The molecule has 0 aliphatic heterocycles. The Morgan fingerprint density at radius 3 is 2.50 bits per heavy atom. The Hall–Kier alpha value is 0.0400. The molecular weight excluding hydrogens is 197 g/mol. The molecule has 0 aromatic rings. The molecule has 0 saturated heterocycles. The van der Waals surface area contributed by atoms with E-state index in [1.807, 2.05) is 0 Å². The topological polar surface area (TPSA) is 69.6 Å². The van der Waals surface area contributed by atoms with E-state index in [-0.39, 0.29) is 6.16 Å². The molecule has 0 spiro atoms. The summed E-state index contributed by atoms with van der Waals surface area (Å²) in [7, 11) is -2.06. The fourth-order valence-corrected chi connectivity index (χ4v) is 1.51. The highest BCUT2D eigenvalue weighted by Gasteiger charge is 2.11. The van der Waals surface area contributed by atoms with E-state index in [2.05, 4.69) is 5.32 Å². The van der Waals surface area contributed by atoms with Crippen LogP contribution in [0.3, 0.4) is 0 Å². The van der Waals surface area contributed by atoms with Crippen molar-refractivity contribution in [3.63, 3.8) is 0 Å². The van der Waals surface area contributed by atoms with E-state index in [1.165, 1.54) is 0 Å². The molecule has 0 fully saturated rings. The molecule has 0 rings (SSSR count). The number of hydrogen-bond acceptors (Lipinski definition) is 2. The van der Waals surface area contributed by atoms with Crippen molar-refractivity contribution >= 4 is 24.8 Å².